The molecule has 3 N–H and O–H groups in total. The van der Waals surface area contributed by atoms with Crippen LogP contribution in [0.2, 0.25) is 0 Å². The highest BCUT2D eigenvalue weighted by Crippen LogP contribution is 2.04. The first-order chi connectivity index (χ1) is 11.9. The average Bonchev–Trinajstić information content (AvgIpc) is 2.50. The Kier molecular flexibility index (Phi) is 19.6. The Bertz CT molecular complexity index is 380. The highest BCUT2D eigenvalue weighted by molar-refractivity contribution is 5.80. The average molecular weight is 388 g/mol. The van der Waals surface area contributed by atoms with Crippen molar-refractivity contribution < 1.29 is 9.59 Å². The summed E-state index contributed by atoms with van der Waals surface area (Å²) in [5, 5.41) is 9.59. The molecule has 1 amide bonds. The number of carbonyl (C=O) groups excluding carboxylic acids is 2. The van der Waals surface area contributed by atoms with Crippen LogP contribution in [0.25, 0.3) is 0 Å². The first kappa shape index (κ1) is 30.8. The minimum absolute atomic E-state index is 0. The number of hydrogen-bond acceptors (Lipinski definition) is 4. The zero-order valence-corrected chi connectivity index (χ0v) is 18.9. The molecule has 0 rings (SSSR count). The van der Waals surface area contributed by atoms with Gasteiger partial charge in [-0.1, -0.05) is 62.8 Å². The van der Waals surface area contributed by atoms with E-state index >= 15 is 0 Å². The van der Waals surface area contributed by atoms with E-state index in [0.29, 0.717) is 30.3 Å². The van der Waals surface area contributed by atoms with E-state index < -0.39 is 0 Å². The molecule has 0 saturated heterocycles. The van der Waals surface area contributed by atoms with E-state index in [2.05, 4.69) is 50.6 Å². The summed E-state index contributed by atoms with van der Waals surface area (Å²) in [6.45, 7) is 21.1. The fourth-order valence-corrected chi connectivity index (χ4v) is 2.17. The predicted octanol–water partition coefficient (Wildman–Crippen LogP) is 4.16. The van der Waals surface area contributed by atoms with E-state index in [9.17, 15) is 9.59 Å². The SMILES string of the molecule is C.CC(C)NC(C)CCC(=O)C(C)C.CC(C)NCC(C)NC(=O)C(C)C. The molecule has 0 spiro atoms. The van der Waals surface area contributed by atoms with Crippen LogP contribution >= 0.6 is 0 Å². The standard InChI is InChI=1S/C11H23NO.C10H22N2O.CH4/c1-8(2)11(13)7-6-10(5)12-9(3)4;1-7(2)10(13)12-9(5)6-11-8(3)4;/h8-10,12H,6-7H2,1-5H3;7-9,11H,6H2,1-5H3,(H,12,13);1H4. The van der Waals surface area contributed by atoms with Gasteiger partial charge < -0.3 is 16.0 Å². The smallest absolute Gasteiger partial charge is 0.222 e. The molecular weight excluding hydrogens is 338 g/mol. The van der Waals surface area contributed by atoms with Crippen molar-refractivity contribution in [3.63, 3.8) is 0 Å². The molecule has 0 fully saturated rings. The molecule has 0 bridgehead atoms. The van der Waals surface area contributed by atoms with Crippen LogP contribution in [0, 0.1) is 11.8 Å². The first-order valence-electron chi connectivity index (χ1n) is 10.2. The van der Waals surface area contributed by atoms with Crippen LogP contribution in [0.3, 0.4) is 0 Å². The Hall–Kier alpha value is -0.940. The molecule has 0 radical (unpaired) electrons. The molecule has 5 nitrogen and oxygen atoms in total. The number of carbonyl (C=O) groups is 2. The minimum Gasteiger partial charge on any atom is -0.352 e. The largest absolute Gasteiger partial charge is 0.352 e. The van der Waals surface area contributed by atoms with Crippen molar-refractivity contribution in [2.24, 2.45) is 11.8 Å². The molecule has 2 unspecified atom stereocenters. The summed E-state index contributed by atoms with van der Waals surface area (Å²) in [4.78, 5) is 22.6. The van der Waals surface area contributed by atoms with Crippen LogP contribution in [0.1, 0.15) is 89.5 Å². The third-order valence-corrected chi connectivity index (χ3v) is 3.83. The fraction of sp³-hybridized carbons (Fsp3) is 0.909. The maximum atomic E-state index is 11.3. The summed E-state index contributed by atoms with van der Waals surface area (Å²) in [7, 11) is 0. The fourth-order valence-electron chi connectivity index (χ4n) is 2.17. The van der Waals surface area contributed by atoms with Gasteiger partial charge in [-0.25, -0.2) is 0 Å². The number of Topliss-reactive ketones (excluding diaryl/α,β-unsaturated/α-hetero) is 1. The normalized spacial score (nSPS) is 13.1. The molecule has 0 aliphatic carbocycles. The van der Waals surface area contributed by atoms with Gasteiger partial charge in [0, 0.05) is 49.0 Å². The molecule has 0 saturated carbocycles. The van der Waals surface area contributed by atoms with Gasteiger partial charge in [0.1, 0.15) is 5.78 Å². The lowest BCUT2D eigenvalue weighted by Gasteiger charge is -2.17. The van der Waals surface area contributed by atoms with Crippen molar-refractivity contribution in [1.82, 2.24) is 16.0 Å². The van der Waals surface area contributed by atoms with Crippen LogP contribution in [0.5, 0.6) is 0 Å². The Morgan fingerprint density at radius 1 is 0.741 bits per heavy atom. The molecule has 0 aromatic carbocycles. The lowest BCUT2D eigenvalue weighted by Crippen LogP contribution is -2.43. The Morgan fingerprint density at radius 3 is 1.63 bits per heavy atom. The predicted molar refractivity (Wildman–Crippen MR) is 119 cm³/mol. The Morgan fingerprint density at radius 2 is 1.26 bits per heavy atom. The summed E-state index contributed by atoms with van der Waals surface area (Å²) < 4.78 is 0. The van der Waals surface area contributed by atoms with E-state index in [1.807, 2.05) is 34.6 Å². The zero-order chi connectivity index (χ0) is 20.9. The number of hydrogen-bond donors (Lipinski definition) is 3. The summed E-state index contributed by atoms with van der Waals surface area (Å²) in [5.74, 6) is 0.753. The number of ketones is 1. The van der Waals surface area contributed by atoms with Crippen molar-refractivity contribution in [3.8, 4) is 0 Å². The molecule has 0 aliphatic rings. The maximum absolute atomic E-state index is 11.3. The van der Waals surface area contributed by atoms with Crippen molar-refractivity contribution in [2.45, 2.75) is 114 Å². The van der Waals surface area contributed by atoms with Gasteiger partial charge in [-0.2, -0.15) is 0 Å². The van der Waals surface area contributed by atoms with E-state index in [1.54, 1.807) is 0 Å². The van der Waals surface area contributed by atoms with Gasteiger partial charge in [-0.05, 0) is 20.3 Å². The number of rotatable bonds is 11. The van der Waals surface area contributed by atoms with Crippen molar-refractivity contribution in [3.05, 3.63) is 0 Å². The number of nitrogens with one attached hydrogen (secondary N) is 3. The minimum atomic E-state index is 0. The van der Waals surface area contributed by atoms with Crippen LogP contribution in [-0.4, -0.2) is 42.4 Å². The van der Waals surface area contributed by atoms with Crippen LogP contribution in [0.4, 0.5) is 0 Å². The molecule has 5 heteroatoms. The van der Waals surface area contributed by atoms with Gasteiger partial charge in [-0.15, -0.1) is 0 Å². The number of amides is 1. The quantitative estimate of drug-likeness (QED) is 0.498. The topological polar surface area (TPSA) is 70.2 Å². The summed E-state index contributed by atoms with van der Waals surface area (Å²) in [5.41, 5.74) is 0. The highest BCUT2D eigenvalue weighted by Gasteiger charge is 2.11. The van der Waals surface area contributed by atoms with Gasteiger partial charge in [0.15, 0.2) is 0 Å². The first-order valence-corrected chi connectivity index (χ1v) is 10.2. The molecule has 0 heterocycles. The second-order valence-corrected chi connectivity index (χ2v) is 8.51. The van der Waals surface area contributed by atoms with Gasteiger partial charge in [-0.3, -0.25) is 9.59 Å². The third kappa shape index (κ3) is 21.2. The Labute approximate surface area is 169 Å². The van der Waals surface area contributed by atoms with Gasteiger partial charge >= 0.3 is 0 Å². The lowest BCUT2D eigenvalue weighted by molar-refractivity contribution is -0.124. The third-order valence-electron chi connectivity index (χ3n) is 3.83. The van der Waals surface area contributed by atoms with E-state index in [1.165, 1.54) is 0 Å². The summed E-state index contributed by atoms with van der Waals surface area (Å²) >= 11 is 0. The van der Waals surface area contributed by atoms with Gasteiger partial charge in [0.2, 0.25) is 5.91 Å². The Balaban J connectivity index is -0.000000411. The monoisotopic (exact) mass is 387 g/mol. The van der Waals surface area contributed by atoms with Crippen molar-refractivity contribution >= 4 is 11.7 Å². The second kappa shape index (κ2) is 17.2. The molecule has 0 aromatic rings. The van der Waals surface area contributed by atoms with Crippen molar-refractivity contribution in [1.29, 1.82) is 0 Å². The summed E-state index contributed by atoms with van der Waals surface area (Å²) in [6.07, 6.45) is 1.66. The van der Waals surface area contributed by atoms with E-state index in [-0.39, 0.29) is 31.2 Å². The van der Waals surface area contributed by atoms with Gasteiger partial charge in [0.05, 0.1) is 0 Å². The van der Waals surface area contributed by atoms with Gasteiger partial charge in [0.25, 0.3) is 0 Å². The second-order valence-electron chi connectivity index (χ2n) is 8.51. The zero-order valence-electron chi connectivity index (χ0n) is 18.9. The highest BCUT2D eigenvalue weighted by atomic mass is 16.2. The lowest BCUT2D eigenvalue weighted by atomic mass is 10.0. The summed E-state index contributed by atoms with van der Waals surface area (Å²) in [6, 6.07) is 1.63. The maximum Gasteiger partial charge on any atom is 0.222 e. The molecule has 164 valence electrons. The van der Waals surface area contributed by atoms with E-state index in [0.717, 1.165) is 13.0 Å². The molecular formula is C22H49N3O2. The van der Waals surface area contributed by atoms with Crippen LogP contribution in [0.15, 0.2) is 0 Å². The van der Waals surface area contributed by atoms with Crippen molar-refractivity contribution in [2.75, 3.05) is 6.54 Å². The van der Waals surface area contributed by atoms with E-state index in [4.69, 9.17) is 0 Å². The van der Waals surface area contributed by atoms with Crippen LogP contribution < -0.4 is 16.0 Å². The molecule has 0 aromatic heterocycles. The van der Waals surface area contributed by atoms with Crippen LogP contribution in [-0.2, 0) is 9.59 Å². The molecule has 2 atom stereocenters. The molecule has 27 heavy (non-hydrogen) atoms. The molecule has 0 aliphatic heterocycles.